The summed E-state index contributed by atoms with van der Waals surface area (Å²) in [4.78, 5) is 4.90. The maximum Gasteiger partial charge on any atom is 0.203 e. The molecule has 2 heterocycles. The fraction of sp³-hybridized carbons (Fsp3) is 0.812. The molecule has 0 saturated heterocycles. The summed E-state index contributed by atoms with van der Waals surface area (Å²) in [5.74, 6) is 1.14. The van der Waals surface area contributed by atoms with Crippen molar-refractivity contribution in [3.8, 4) is 0 Å². The van der Waals surface area contributed by atoms with E-state index < -0.39 is 0 Å². The first kappa shape index (κ1) is 11.8. The van der Waals surface area contributed by atoms with Crippen molar-refractivity contribution in [2.75, 3.05) is 5.32 Å². The van der Waals surface area contributed by atoms with E-state index in [1.807, 2.05) is 0 Å². The molecule has 1 aromatic rings. The highest BCUT2D eigenvalue weighted by atomic mass is 15.3. The minimum absolute atomic E-state index is 0.562. The molecule has 104 valence electrons. The number of anilines is 1. The normalized spacial score (nSPS) is 31.9. The van der Waals surface area contributed by atoms with Crippen LogP contribution >= 0.6 is 0 Å². The standard InChI is InChI=1S/C16H25N3/c1-11-9-12(2)19-14-10-16(6-3-4-7-16)8-5-13(14)18-15(19)17-11/h11-12H,3-10H2,1-2H3,(H,17,18). The second-order valence-electron chi connectivity index (χ2n) is 7.21. The van der Waals surface area contributed by atoms with Gasteiger partial charge in [0.2, 0.25) is 5.95 Å². The summed E-state index contributed by atoms with van der Waals surface area (Å²) >= 11 is 0. The van der Waals surface area contributed by atoms with Crippen LogP contribution in [-0.2, 0) is 12.8 Å². The van der Waals surface area contributed by atoms with Crippen LogP contribution in [0.5, 0.6) is 0 Å². The van der Waals surface area contributed by atoms with Crippen molar-refractivity contribution in [1.29, 1.82) is 0 Å². The van der Waals surface area contributed by atoms with E-state index in [0.29, 0.717) is 17.5 Å². The maximum absolute atomic E-state index is 4.90. The number of fused-ring (bicyclic) bond motifs is 3. The maximum atomic E-state index is 4.90. The smallest absolute Gasteiger partial charge is 0.203 e. The molecule has 1 aromatic heterocycles. The van der Waals surface area contributed by atoms with Gasteiger partial charge < -0.3 is 9.88 Å². The number of rotatable bonds is 0. The zero-order valence-corrected chi connectivity index (χ0v) is 12.2. The van der Waals surface area contributed by atoms with Crippen LogP contribution in [0.15, 0.2) is 0 Å². The molecule has 3 aliphatic rings. The van der Waals surface area contributed by atoms with Crippen LogP contribution in [0.25, 0.3) is 0 Å². The number of hydrogen-bond donors (Lipinski definition) is 1. The van der Waals surface area contributed by atoms with E-state index in [0.717, 1.165) is 5.95 Å². The third kappa shape index (κ3) is 1.73. The number of aryl methyl sites for hydroxylation is 1. The summed E-state index contributed by atoms with van der Waals surface area (Å²) < 4.78 is 2.52. The van der Waals surface area contributed by atoms with Crippen LogP contribution in [0.3, 0.4) is 0 Å². The van der Waals surface area contributed by atoms with E-state index in [4.69, 9.17) is 4.98 Å². The lowest BCUT2D eigenvalue weighted by molar-refractivity contribution is 0.243. The van der Waals surface area contributed by atoms with Gasteiger partial charge in [0.25, 0.3) is 0 Å². The first-order chi connectivity index (χ1) is 9.17. The van der Waals surface area contributed by atoms with Crippen molar-refractivity contribution < 1.29 is 0 Å². The van der Waals surface area contributed by atoms with E-state index in [9.17, 15) is 0 Å². The second kappa shape index (κ2) is 4.00. The third-order valence-corrected chi connectivity index (χ3v) is 5.70. The molecule has 4 rings (SSSR count). The monoisotopic (exact) mass is 259 g/mol. The molecule has 0 aromatic carbocycles. The van der Waals surface area contributed by atoms with Gasteiger partial charge in [-0.05, 0) is 57.8 Å². The Morgan fingerprint density at radius 3 is 2.79 bits per heavy atom. The van der Waals surface area contributed by atoms with Crippen LogP contribution in [0.1, 0.15) is 69.8 Å². The van der Waals surface area contributed by atoms with Gasteiger partial charge in [0.15, 0.2) is 0 Å². The summed E-state index contributed by atoms with van der Waals surface area (Å²) in [6.45, 7) is 4.63. The minimum atomic E-state index is 0.562. The number of hydrogen-bond acceptors (Lipinski definition) is 2. The quantitative estimate of drug-likeness (QED) is 0.770. The number of imidazole rings is 1. The molecule has 0 radical (unpaired) electrons. The fourth-order valence-corrected chi connectivity index (χ4v) is 4.75. The number of nitrogens with zero attached hydrogens (tertiary/aromatic N) is 2. The summed E-state index contributed by atoms with van der Waals surface area (Å²) in [7, 11) is 0. The highest BCUT2D eigenvalue weighted by Gasteiger charge is 2.40. The zero-order valence-electron chi connectivity index (χ0n) is 12.2. The average Bonchev–Trinajstić information content (AvgIpc) is 2.94. The van der Waals surface area contributed by atoms with Crippen molar-refractivity contribution in [3.05, 3.63) is 11.4 Å². The van der Waals surface area contributed by atoms with Gasteiger partial charge in [0.1, 0.15) is 0 Å². The zero-order chi connectivity index (χ0) is 13.0. The van der Waals surface area contributed by atoms with Gasteiger partial charge in [-0.1, -0.05) is 12.8 Å². The largest absolute Gasteiger partial charge is 0.353 e. The fourth-order valence-electron chi connectivity index (χ4n) is 4.75. The van der Waals surface area contributed by atoms with Gasteiger partial charge >= 0.3 is 0 Å². The highest BCUT2D eigenvalue weighted by molar-refractivity contribution is 5.39. The molecule has 2 atom stereocenters. The van der Waals surface area contributed by atoms with Crippen LogP contribution in [-0.4, -0.2) is 15.6 Å². The molecule has 2 aliphatic carbocycles. The lowest BCUT2D eigenvalue weighted by Crippen LogP contribution is -2.32. The summed E-state index contributed by atoms with van der Waals surface area (Å²) in [6, 6.07) is 1.17. The molecule has 3 nitrogen and oxygen atoms in total. The molecule has 3 heteroatoms. The molecule has 1 N–H and O–H groups in total. The van der Waals surface area contributed by atoms with Crippen molar-refractivity contribution in [3.63, 3.8) is 0 Å². The highest BCUT2D eigenvalue weighted by Crippen LogP contribution is 2.49. The Labute approximate surface area is 115 Å². The second-order valence-corrected chi connectivity index (χ2v) is 7.21. The van der Waals surface area contributed by atoms with Gasteiger partial charge in [-0.25, -0.2) is 4.98 Å². The Bertz CT molecular complexity index is 496. The van der Waals surface area contributed by atoms with Gasteiger partial charge in [-0.15, -0.1) is 0 Å². The summed E-state index contributed by atoms with van der Waals surface area (Å²) in [5.41, 5.74) is 3.59. The first-order valence-electron chi connectivity index (χ1n) is 8.03. The van der Waals surface area contributed by atoms with Crippen molar-refractivity contribution in [2.24, 2.45) is 5.41 Å². The van der Waals surface area contributed by atoms with E-state index in [1.54, 1.807) is 5.69 Å². The Kier molecular flexibility index (Phi) is 2.49. The summed E-state index contributed by atoms with van der Waals surface area (Å²) in [6.07, 6.45) is 10.9. The molecular formula is C16H25N3. The van der Waals surface area contributed by atoms with Gasteiger partial charge in [-0.2, -0.15) is 0 Å². The predicted molar refractivity (Wildman–Crippen MR) is 77.6 cm³/mol. The minimum Gasteiger partial charge on any atom is -0.353 e. The van der Waals surface area contributed by atoms with Gasteiger partial charge in [0.05, 0.1) is 5.69 Å². The third-order valence-electron chi connectivity index (χ3n) is 5.70. The van der Waals surface area contributed by atoms with Crippen LogP contribution < -0.4 is 5.32 Å². The van der Waals surface area contributed by atoms with E-state index in [-0.39, 0.29) is 0 Å². The topological polar surface area (TPSA) is 29.9 Å². The molecular weight excluding hydrogens is 234 g/mol. The lowest BCUT2D eigenvalue weighted by atomic mass is 9.73. The average molecular weight is 259 g/mol. The number of nitrogens with one attached hydrogen (secondary N) is 1. The van der Waals surface area contributed by atoms with Gasteiger partial charge in [-0.3, -0.25) is 0 Å². The van der Waals surface area contributed by atoms with Gasteiger partial charge in [0, 0.05) is 17.8 Å². The predicted octanol–water partition coefficient (Wildman–Crippen LogP) is 3.70. The Morgan fingerprint density at radius 1 is 1.21 bits per heavy atom. The summed E-state index contributed by atoms with van der Waals surface area (Å²) in [5, 5.41) is 3.58. The van der Waals surface area contributed by atoms with Crippen LogP contribution in [0.2, 0.25) is 0 Å². The molecule has 2 unspecified atom stereocenters. The van der Waals surface area contributed by atoms with Crippen LogP contribution in [0, 0.1) is 5.41 Å². The van der Waals surface area contributed by atoms with Crippen molar-refractivity contribution in [1.82, 2.24) is 9.55 Å². The molecule has 1 aliphatic heterocycles. The SMILES string of the molecule is CC1CC(C)n2c(nc3c2CC2(CCCC2)CC3)N1. The molecule has 19 heavy (non-hydrogen) atoms. The first-order valence-corrected chi connectivity index (χ1v) is 8.03. The Balaban J connectivity index is 1.74. The molecule has 0 bridgehead atoms. The van der Waals surface area contributed by atoms with Crippen molar-refractivity contribution in [2.45, 2.75) is 77.3 Å². The van der Waals surface area contributed by atoms with Crippen molar-refractivity contribution >= 4 is 5.95 Å². The molecule has 1 fully saturated rings. The Morgan fingerprint density at radius 2 is 2.00 bits per heavy atom. The Hall–Kier alpha value is -0.990. The van der Waals surface area contributed by atoms with E-state index in [1.165, 1.54) is 57.1 Å². The number of aromatic nitrogens is 2. The molecule has 0 amide bonds. The molecule has 1 saturated carbocycles. The van der Waals surface area contributed by atoms with E-state index in [2.05, 4.69) is 23.7 Å². The van der Waals surface area contributed by atoms with Crippen LogP contribution in [0.4, 0.5) is 5.95 Å². The molecule has 1 spiro atoms. The van der Waals surface area contributed by atoms with E-state index >= 15 is 0 Å². The lowest BCUT2D eigenvalue weighted by Gasteiger charge is -2.35.